The molecule has 1 aliphatic heterocycles. The highest BCUT2D eigenvalue weighted by Crippen LogP contribution is 2.25. The molecule has 3 atom stereocenters. The van der Waals surface area contributed by atoms with Gasteiger partial charge in [0.15, 0.2) is 0 Å². The Morgan fingerprint density at radius 1 is 1.47 bits per heavy atom. The van der Waals surface area contributed by atoms with Gasteiger partial charge < -0.3 is 9.47 Å². The first-order chi connectivity index (χ1) is 7.10. The van der Waals surface area contributed by atoms with Crippen LogP contribution in [0.5, 0.6) is 0 Å². The minimum absolute atomic E-state index is 0.0225. The second kappa shape index (κ2) is 5.47. The summed E-state index contributed by atoms with van der Waals surface area (Å²) in [5.41, 5.74) is 0. The van der Waals surface area contributed by atoms with E-state index in [1.54, 1.807) is 7.11 Å². The van der Waals surface area contributed by atoms with E-state index >= 15 is 0 Å². The van der Waals surface area contributed by atoms with Crippen LogP contribution < -0.4 is 0 Å². The van der Waals surface area contributed by atoms with Gasteiger partial charge in [0.25, 0.3) is 0 Å². The van der Waals surface area contributed by atoms with Crippen molar-refractivity contribution in [2.75, 3.05) is 33.9 Å². The molecule has 15 heavy (non-hydrogen) atoms. The lowest BCUT2D eigenvalue weighted by atomic mass is 9.99. The largest absolute Gasteiger partial charge is 0.469 e. The Morgan fingerprint density at radius 2 is 2.13 bits per heavy atom. The summed E-state index contributed by atoms with van der Waals surface area (Å²) in [7, 11) is 3.16. The van der Waals surface area contributed by atoms with Gasteiger partial charge in [-0.3, -0.25) is 9.69 Å². The summed E-state index contributed by atoms with van der Waals surface area (Å²) in [6.07, 6.45) is 0. The average Bonchev–Trinajstić information content (AvgIpc) is 2.60. The van der Waals surface area contributed by atoms with Crippen molar-refractivity contribution in [1.29, 1.82) is 0 Å². The van der Waals surface area contributed by atoms with Crippen LogP contribution >= 0.6 is 0 Å². The highest BCUT2D eigenvalue weighted by atomic mass is 16.5. The molecular weight excluding hydrogens is 194 g/mol. The van der Waals surface area contributed by atoms with Crippen molar-refractivity contribution in [3.63, 3.8) is 0 Å². The van der Waals surface area contributed by atoms with Gasteiger partial charge in [-0.15, -0.1) is 0 Å². The lowest BCUT2D eigenvalue weighted by Crippen LogP contribution is -2.35. The van der Waals surface area contributed by atoms with E-state index in [0.717, 1.165) is 13.1 Å². The molecule has 0 spiro atoms. The van der Waals surface area contributed by atoms with Crippen molar-refractivity contribution in [1.82, 2.24) is 4.90 Å². The second-order valence-corrected chi connectivity index (χ2v) is 4.37. The zero-order chi connectivity index (χ0) is 11.4. The molecule has 0 radical (unpaired) electrons. The number of ether oxygens (including phenoxy) is 2. The molecule has 4 heteroatoms. The van der Waals surface area contributed by atoms with E-state index in [4.69, 9.17) is 9.47 Å². The Morgan fingerprint density at radius 3 is 2.67 bits per heavy atom. The predicted octanol–water partition coefficient (Wildman–Crippen LogP) is 0.762. The molecule has 0 N–H and O–H groups in total. The predicted molar refractivity (Wildman–Crippen MR) is 57.6 cm³/mol. The summed E-state index contributed by atoms with van der Waals surface area (Å²) in [5.74, 6) is 0.306. The van der Waals surface area contributed by atoms with Crippen LogP contribution in [0.4, 0.5) is 0 Å². The molecule has 3 unspecified atom stereocenters. The summed E-state index contributed by atoms with van der Waals surface area (Å²) < 4.78 is 9.91. The molecule has 0 aromatic carbocycles. The Bertz CT molecular complexity index is 220. The Kier molecular flexibility index (Phi) is 4.54. The first kappa shape index (κ1) is 12.5. The minimum atomic E-state index is -0.0883. The van der Waals surface area contributed by atoms with Crippen molar-refractivity contribution in [3.8, 4) is 0 Å². The molecule has 0 saturated carbocycles. The number of hydrogen-bond acceptors (Lipinski definition) is 4. The molecular formula is C11H21NO3. The van der Waals surface area contributed by atoms with Crippen molar-refractivity contribution >= 4 is 5.97 Å². The van der Waals surface area contributed by atoms with Gasteiger partial charge in [-0.25, -0.2) is 0 Å². The maximum Gasteiger partial charge on any atom is 0.310 e. The second-order valence-electron chi connectivity index (χ2n) is 4.37. The van der Waals surface area contributed by atoms with Crippen LogP contribution in [0.3, 0.4) is 0 Å². The molecule has 1 fully saturated rings. The molecule has 88 valence electrons. The summed E-state index contributed by atoms with van der Waals surface area (Å²) >= 11 is 0. The van der Waals surface area contributed by atoms with Crippen LogP contribution in [0, 0.1) is 11.8 Å². The topological polar surface area (TPSA) is 38.8 Å². The molecule has 0 aromatic heterocycles. The van der Waals surface area contributed by atoms with E-state index < -0.39 is 0 Å². The van der Waals surface area contributed by atoms with Crippen molar-refractivity contribution in [2.24, 2.45) is 11.8 Å². The van der Waals surface area contributed by atoms with Crippen LogP contribution in [-0.4, -0.2) is 50.8 Å². The van der Waals surface area contributed by atoms with Gasteiger partial charge in [0.05, 0.1) is 19.6 Å². The summed E-state index contributed by atoms with van der Waals surface area (Å²) in [4.78, 5) is 13.8. The average molecular weight is 215 g/mol. The third-order valence-electron chi connectivity index (χ3n) is 3.18. The van der Waals surface area contributed by atoms with Gasteiger partial charge >= 0.3 is 5.97 Å². The van der Waals surface area contributed by atoms with Crippen molar-refractivity contribution in [3.05, 3.63) is 0 Å². The lowest BCUT2D eigenvalue weighted by Gasteiger charge is -2.23. The fraction of sp³-hybridized carbons (Fsp3) is 0.909. The molecule has 1 heterocycles. The normalized spacial score (nSPS) is 29.1. The van der Waals surface area contributed by atoms with Gasteiger partial charge in [-0.1, -0.05) is 6.92 Å². The fourth-order valence-electron chi connectivity index (χ4n) is 2.17. The molecule has 0 amide bonds. The zero-order valence-corrected chi connectivity index (χ0v) is 10.0. The monoisotopic (exact) mass is 215 g/mol. The van der Waals surface area contributed by atoms with Crippen LogP contribution in [0.15, 0.2) is 0 Å². The van der Waals surface area contributed by atoms with Gasteiger partial charge in [-0.2, -0.15) is 0 Å². The third-order valence-corrected chi connectivity index (χ3v) is 3.18. The zero-order valence-electron chi connectivity index (χ0n) is 10.0. The summed E-state index contributed by atoms with van der Waals surface area (Å²) in [5, 5.41) is 0. The van der Waals surface area contributed by atoms with E-state index in [2.05, 4.69) is 18.7 Å². The van der Waals surface area contributed by atoms with E-state index in [1.807, 2.05) is 0 Å². The van der Waals surface area contributed by atoms with Gasteiger partial charge in [0, 0.05) is 26.2 Å². The molecule has 1 aliphatic rings. The number of methoxy groups -OCH3 is 2. The SMILES string of the molecule is COCC(C)N1CC(C)C(C(=O)OC)C1. The summed E-state index contributed by atoms with van der Waals surface area (Å²) in [6, 6.07) is 0.368. The van der Waals surface area contributed by atoms with Crippen LogP contribution in [0.1, 0.15) is 13.8 Å². The smallest absolute Gasteiger partial charge is 0.310 e. The Hall–Kier alpha value is -0.610. The molecule has 1 saturated heterocycles. The van der Waals surface area contributed by atoms with E-state index in [1.165, 1.54) is 7.11 Å². The molecule has 0 aromatic rings. The summed E-state index contributed by atoms with van der Waals surface area (Å²) in [6.45, 7) is 6.67. The van der Waals surface area contributed by atoms with Crippen LogP contribution in [-0.2, 0) is 14.3 Å². The molecule has 4 nitrogen and oxygen atoms in total. The number of nitrogens with zero attached hydrogens (tertiary/aromatic N) is 1. The maximum atomic E-state index is 11.5. The highest BCUT2D eigenvalue weighted by Gasteiger charge is 2.37. The fourth-order valence-corrected chi connectivity index (χ4v) is 2.17. The first-order valence-corrected chi connectivity index (χ1v) is 5.41. The standard InChI is InChI=1S/C11H21NO3/c1-8-5-12(9(2)7-14-3)6-10(8)11(13)15-4/h8-10H,5-7H2,1-4H3. The number of carbonyl (C=O) groups excluding carboxylic acids is 1. The van der Waals surface area contributed by atoms with Gasteiger partial charge in [0.1, 0.15) is 0 Å². The van der Waals surface area contributed by atoms with E-state index in [0.29, 0.717) is 18.6 Å². The maximum absolute atomic E-state index is 11.5. The first-order valence-electron chi connectivity index (χ1n) is 5.41. The van der Waals surface area contributed by atoms with Crippen LogP contribution in [0.25, 0.3) is 0 Å². The Labute approximate surface area is 91.5 Å². The number of hydrogen-bond donors (Lipinski definition) is 0. The highest BCUT2D eigenvalue weighted by molar-refractivity contribution is 5.73. The lowest BCUT2D eigenvalue weighted by molar-refractivity contribution is -0.146. The van der Waals surface area contributed by atoms with Crippen molar-refractivity contribution < 1.29 is 14.3 Å². The number of likely N-dealkylation sites (tertiary alicyclic amines) is 1. The minimum Gasteiger partial charge on any atom is -0.469 e. The number of esters is 1. The van der Waals surface area contributed by atoms with Gasteiger partial charge in [-0.05, 0) is 12.8 Å². The third kappa shape index (κ3) is 2.92. The molecule has 1 rings (SSSR count). The van der Waals surface area contributed by atoms with Crippen molar-refractivity contribution in [2.45, 2.75) is 19.9 Å². The van der Waals surface area contributed by atoms with E-state index in [9.17, 15) is 4.79 Å². The van der Waals surface area contributed by atoms with Gasteiger partial charge in [0.2, 0.25) is 0 Å². The van der Waals surface area contributed by atoms with Crippen LogP contribution in [0.2, 0.25) is 0 Å². The Balaban J connectivity index is 2.51. The molecule has 0 aliphatic carbocycles. The van der Waals surface area contributed by atoms with E-state index in [-0.39, 0.29) is 11.9 Å². The number of carbonyl (C=O) groups is 1. The number of rotatable bonds is 4. The quantitative estimate of drug-likeness (QED) is 0.649. The molecule has 0 bridgehead atoms.